The number of halogens is 1. The Balaban J connectivity index is 2.01. The van der Waals surface area contributed by atoms with Crippen molar-refractivity contribution in [2.75, 3.05) is 19.7 Å². The predicted octanol–water partition coefficient (Wildman–Crippen LogP) is 2.88. The second kappa shape index (κ2) is 7.66. The van der Waals surface area contributed by atoms with E-state index in [0.717, 1.165) is 25.8 Å². The molecule has 0 spiro atoms. The molecule has 1 fully saturated rings. The topological polar surface area (TPSA) is 40.5 Å². The lowest BCUT2D eigenvalue weighted by molar-refractivity contribution is 0.0780. The number of carbonyl (C=O) groups excluding carboxylic acids is 1. The SMILES string of the molecule is CC(CN1CCCCC1CCO)C(=O)c1ccccc1F. The lowest BCUT2D eigenvalue weighted by atomic mass is 9.94. The zero-order chi connectivity index (χ0) is 15.2. The first kappa shape index (κ1) is 16.1. The smallest absolute Gasteiger partial charge is 0.169 e. The minimum Gasteiger partial charge on any atom is -0.396 e. The van der Waals surface area contributed by atoms with E-state index < -0.39 is 5.82 Å². The molecule has 2 unspecified atom stereocenters. The molecule has 1 aliphatic rings. The second-order valence-corrected chi connectivity index (χ2v) is 5.90. The summed E-state index contributed by atoms with van der Waals surface area (Å²) in [5.41, 5.74) is 0.181. The molecule has 116 valence electrons. The fraction of sp³-hybridized carbons (Fsp3) is 0.588. The Kier molecular flexibility index (Phi) is 5.88. The van der Waals surface area contributed by atoms with Gasteiger partial charge >= 0.3 is 0 Å². The maximum absolute atomic E-state index is 13.7. The van der Waals surface area contributed by atoms with Crippen LogP contribution in [0.4, 0.5) is 4.39 Å². The van der Waals surface area contributed by atoms with Crippen LogP contribution in [0, 0.1) is 11.7 Å². The minimum atomic E-state index is -0.445. The lowest BCUT2D eigenvalue weighted by Crippen LogP contribution is -2.43. The highest BCUT2D eigenvalue weighted by atomic mass is 19.1. The molecule has 21 heavy (non-hydrogen) atoms. The largest absolute Gasteiger partial charge is 0.396 e. The first-order chi connectivity index (χ1) is 10.1. The Morgan fingerprint density at radius 3 is 2.90 bits per heavy atom. The summed E-state index contributed by atoms with van der Waals surface area (Å²) in [7, 11) is 0. The van der Waals surface area contributed by atoms with Gasteiger partial charge in [0.2, 0.25) is 0 Å². The summed E-state index contributed by atoms with van der Waals surface area (Å²) >= 11 is 0. The highest BCUT2D eigenvalue weighted by Crippen LogP contribution is 2.22. The van der Waals surface area contributed by atoms with Crippen LogP contribution in [0.15, 0.2) is 24.3 Å². The maximum Gasteiger partial charge on any atom is 0.169 e. The Labute approximate surface area is 125 Å². The number of likely N-dealkylation sites (tertiary alicyclic amines) is 1. The van der Waals surface area contributed by atoms with Gasteiger partial charge in [0.1, 0.15) is 5.82 Å². The number of nitrogens with zero attached hydrogens (tertiary/aromatic N) is 1. The molecule has 4 heteroatoms. The van der Waals surface area contributed by atoms with Gasteiger partial charge in [0, 0.05) is 25.1 Å². The third kappa shape index (κ3) is 4.11. The van der Waals surface area contributed by atoms with Crippen LogP contribution < -0.4 is 0 Å². The van der Waals surface area contributed by atoms with E-state index in [-0.39, 0.29) is 23.9 Å². The van der Waals surface area contributed by atoms with Gasteiger partial charge < -0.3 is 5.11 Å². The first-order valence-corrected chi connectivity index (χ1v) is 7.77. The summed E-state index contributed by atoms with van der Waals surface area (Å²) in [6.45, 7) is 3.63. The molecule has 0 radical (unpaired) electrons. The minimum absolute atomic E-state index is 0.138. The van der Waals surface area contributed by atoms with Crippen LogP contribution in [-0.2, 0) is 0 Å². The van der Waals surface area contributed by atoms with Crippen molar-refractivity contribution >= 4 is 5.78 Å². The van der Waals surface area contributed by atoms with E-state index in [0.29, 0.717) is 12.6 Å². The maximum atomic E-state index is 13.7. The van der Waals surface area contributed by atoms with Crippen LogP contribution in [0.25, 0.3) is 0 Å². The first-order valence-electron chi connectivity index (χ1n) is 7.77. The van der Waals surface area contributed by atoms with Crippen molar-refractivity contribution in [2.24, 2.45) is 5.92 Å². The Bertz CT molecular complexity index is 476. The third-order valence-electron chi connectivity index (χ3n) is 4.31. The monoisotopic (exact) mass is 293 g/mol. The summed E-state index contributed by atoms with van der Waals surface area (Å²) in [5, 5.41) is 9.15. The Hall–Kier alpha value is -1.26. The van der Waals surface area contributed by atoms with E-state index in [4.69, 9.17) is 5.11 Å². The van der Waals surface area contributed by atoms with Crippen molar-refractivity contribution in [3.05, 3.63) is 35.6 Å². The molecule has 3 nitrogen and oxygen atoms in total. The standard InChI is InChI=1S/C17H24FNO2/c1-13(17(21)15-7-2-3-8-16(15)18)12-19-10-5-4-6-14(19)9-11-20/h2-3,7-8,13-14,20H,4-6,9-12H2,1H3. The van der Waals surface area contributed by atoms with Crippen LogP contribution in [0.1, 0.15) is 43.0 Å². The molecule has 0 aliphatic carbocycles. The summed E-state index contributed by atoms with van der Waals surface area (Å²) in [4.78, 5) is 14.7. The second-order valence-electron chi connectivity index (χ2n) is 5.90. The molecule has 2 rings (SSSR count). The van der Waals surface area contributed by atoms with E-state index in [1.54, 1.807) is 18.2 Å². The zero-order valence-corrected chi connectivity index (χ0v) is 12.6. The number of aliphatic hydroxyl groups is 1. The third-order valence-corrected chi connectivity index (χ3v) is 4.31. The zero-order valence-electron chi connectivity index (χ0n) is 12.6. The van der Waals surface area contributed by atoms with Gasteiger partial charge in [-0.05, 0) is 37.9 Å². The summed E-state index contributed by atoms with van der Waals surface area (Å²) < 4.78 is 13.7. The quantitative estimate of drug-likeness (QED) is 0.820. The molecular formula is C17H24FNO2. The molecule has 2 atom stereocenters. The number of ketones is 1. The van der Waals surface area contributed by atoms with E-state index >= 15 is 0 Å². The molecule has 0 saturated carbocycles. The summed E-state index contributed by atoms with van der Waals surface area (Å²) in [5.74, 6) is -0.817. The molecule has 1 heterocycles. The molecule has 0 bridgehead atoms. The molecule has 1 aromatic carbocycles. The lowest BCUT2D eigenvalue weighted by Gasteiger charge is -2.36. The van der Waals surface area contributed by atoms with Gasteiger partial charge in [-0.1, -0.05) is 25.5 Å². The highest BCUT2D eigenvalue weighted by molar-refractivity contribution is 5.98. The molecule has 1 saturated heterocycles. The van der Waals surface area contributed by atoms with Crippen LogP contribution >= 0.6 is 0 Å². The number of carbonyl (C=O) groups is 1. The van der Waals surface area contributed by atoms with Crippen molar-refractivity contribution in [1.82, 2.24) is 4.90 Å². The number of aliphatic hydroxyl groups excluding tert-OH is 1. The van der Waals surface area contributed by atoms with Crippen molar-refractivity contribution in [2.45, 2.75) is 38.6 Å². The van der Waals surface area contributed by atoms with E-state index in [9.17, 15) is 9.18 Å². The number of piperidine rings is 1. The molecule has 0 amide bonds. The average Bonchev–Trinajstić information content (AvgIpc) is 2.49. The van der Waals surface area contributed by atoms with Gasteiger partial charge in [-0.3, -0.25) is 9.69 Å². The molecule has 1 aromatic rings. The van der Waals surface area contributed by atoms with Crippen LogP contribution in [0.2, 0.25) is 0 Å². The van der Waals surface area contributed by atoms with Crippen LogP contribution in [0.5, 0.6) is 0 Å². The van der Waals surface area contributed by atoms with E-state index in [1.165, 1.54) is 12.5 Å². The van der Waals surface area contributed by atoms with Gasteiger partial charge in [-0.25, -0.2) is 4.39 Å². The Morgan fingerprint density at radius 2 is 2.19 bits per heavy atom. The fourth-order valence-corrected chi connectivity index (χ4v) is 3.14. The number of hydrogen-bond donors (Lipinski definition) is 1. The average molecular weight is 293 g/mol. The summed E-state index contributed by atoms with van der Waals surface area (Å²) in [6, 6.07) is 6.52. The molecule has 1 N–H and O–H groups in total. The van der Waals surface area contributed by atoms with Gasteiger partial charge in [0.05, 0.1) is 5.56 Å². The van der Waals surface area contributed by atoms with Crippen LogP contribution in [0.3, 0.4) is 0 Å². The number of Topliss-reactive ketones (excluding diaryl/α,β-unsaturated/α-hetero) is 1. The fourth-order valence-electron chi connectivity index (χ4n) is 3.14. The van der Waals surface area contributed by atoms with E-state index in [1.807, 2.05) is 6.92 Å². The molecule has 0 aromatic heterocycles. The van der Waals surface area contributed by atoms with Crippen LogP contribution in [-0.4, -0.2) is 41.5 Å². The van der Waals surface area contributed by atoms with Gasteiger partial charge in [0.25, 0.3) is 0 Å². The Morgan fingerprint density at radius 1 is 1.43 bits per heavy atom. The summed E-state index contributed by atoms with van der Waals surface area (Å²) in [6.07, 6.45) is 4.13. The number of rotatable bonds is 6. The van der Waals surface area contributed by atoms with Crippen molar-refractivity contribution < 1.29 is 14.3 Å². The highest BCUT2D eigenvalue weighted by Gasteiger charge is 2.26. The van der Waals surface area contributed by atoms with E-state index in [2.05, 4.69) is 4.90 Å². The predicted molar refractivity (Wildman–Crippen MR) is 80.8 cm³/mol. The van der Waals surface area contributed by atoms with Crippen molar-refractivity contribution in [3.8, 4) is 0 Å². The molecule has 1 aliphatic heterocycles. The number of benzene rings is 1. The van der Waals surface area contributed by atoms with Crippen molar-refractivity contribution in [1.29, 1.82) is 0 Å². The normalized spacial score (nSPS) is 21.2. The van der Waals surface area contributed by atoms with Gasteiger partial charge in [-0.15, -0.1) is 0 Å². The van der Waals surface area contributed by atoms with Gasteiger partial charge in [0.15, 0.2) is 5.78 Å². The van der Waals surface area contributed by atoms with Crippen molar-refractivity contribution in [3.63, 3.8) is 0 Å². The number of hydrogen-bond acceptors (Lipinski definition) is 3. The molecular weight excluding hydrogens is 269 g/mol. The van der Waals surface area contributed by atoms with Gasteiger partial charge in [-0.2, -0.15) is 0 Å².